The Morgan fingerprint density at radius 1 is 0.968 bits per heavy atom. The van der Waals surface area contributed by atoms with Gasteiger partial charge in [0.15, 0.2) is 12.4 Å². The maximum atomic E-state index is 12.2. The maximum Gasteiger partial charge on any atom is 0.286 e. The van der Waals surface area contributed by atoms with Gasteiger partial charge < -0.3 is 5.32 Å². The molecule has 0 aliphatic heterocycles. The molecule has 2 aromatic heterocycles. The second kappa shape index (κ2) is 8.56. The number of carbonyl (C=O) groups excluding carboxylic acids is 1. The van der Waals surface area contributed by atoms with Crippen LogP contribution in [0.4, 0.5) is 0 Å². The molecule has 0 bridgehead atoms. The molecule has 1 aliphatic rings. The Hall–Kier alpha value is -3.73. The summed E-state index contributed by atoms with van der Waals surface area (Å²) < 4.78 is 3.94. The molecule has 1 amide bonds. The average Bonchev–Trinajstić information content (AvgIpc) is 3.49. The lowest BCUT2D eigenvalue weighted by molar-refractivity contribution is -0.684. The van der Waals surface area contributed by atoms with E-state index in [1.165, 1.54) is 16.7 Å². The molecule has 31 heavy (non-hydrogen) atoms. The van der Waals surface area contributed by atoms with Gasteiger partial charge in [0.25, 0.3) is 5.91 Å². The minimum absolute atomic E-state index is 0.0656. The summed E-state index contributed by atoms with van der Waals surface area (Å²) in [5, 5.41) is 7.60. The van der Waals surface area contributed by atoms with Crippen molar-refractivity contribution in [2.75, 3.05) is 0 Å². The Morgan fingerprint density at radius 3 is 2.61 bits per heavy atom. The third-order valence-corrected chi connectivity index (χ3v) is 5.51. The smallest absolute Gasteiger partial charge is 0.286 e. The van der Waals surface area contributed by atoms with Crippen LogP contribution in [0, 0.1) is 0 Å². The van der Waals surface area contributed by atoms with E-state index in [0.717, 1.165) is 24.1 Å². The van der Waals surface area contributed by atoms with Crippen LogP contribution in [0.2, 0.25) is 0 Å². The quantitative estimate of drug-likeness (QED) is 0.472. The maximum absolute atomic E-state index is 12.2. The largest absolute Gasteiger partial charge is 0.348 e. The molecule has 1 fully saturated rings. The van der Waals surface area contributed by atoms with E-state index in [0.29, 0.717) is 19.1 Å². The van der Waals surface area contributed by atoms with Crippen LogP contribution < -0.4 is 9.88 Å². The van der Waals surface area contributed by atoms with Gasteiger partial charge in [-0.25, -0.2) is 0 Å². The van der Waals surface area contributed by atoms with Gasteiger partial charge in [0.1, 0.15) is 0 Å². The Kier molecular flexibility index (Phi) is 5.31. The second-order valence-electron chi connectivity index (χ2n) is 8.05. The first kappa shape index (κ1) is 19.2. The standard InChI is InChI=1S/C26H24N4O/c31-26(28-24-11-12-24)19-29-15-5-10-23(18-29)25-13-14-27-30(25)17-20-6-4-9-22(16-20)21-7-2-1-3-8-21/h1-10,13-16,18,24H,11-12,17,19H2/p+1. The Morgan fingerprint density at radius 2 is 1.77 bits per heavy atom. The first-order chi connectivity index (χ1) is 15.2. The lowest BCUT2D eigenvalue weighted by Crippen LogP contribution is -2.43. The van der Waals surface area contributed by atoms with E-state index in [1.54, 1.807) is 0 Å². The SMILES string of the molecule is O=C(C[n+]1cccc(-c2ccnn2Cc2cccc(-c3ccccc3)c2)c1)NC1CC1. The summed E-state index contributed by atoms with van der Waals surface area (Å²) in [4.78, 5) is 12.2. The summed E-state index contributed by atoms with van der Waals surface area (Å²) in [5.41, 5.74) is 5.67. The summed E-state index contributed by atoms with van der Waals surface area (Å²) in [5.74, 6) is 0.0656. The van der Waals surface area contributed by atoms with E-state index in [2.05, 4.69) is 65.0 Å². The molecular weight excluding hydrogens is 384 g/mol. The van der Waals surface area contributed by atoms with Crippen molar-refractivity contribution in [3.05, 3.63) is 97.0 Å². The molecule has 0 radical (unpaired) electrons. The van der Waals surface area contributed by atoms with Crippen LogP contribution in [-0.4, -0.2) is 21.7 Å². The summed E-state index contributed by atoms with van der Waals surface area (Å²) >= 11 is 0. The zero-order valence-electron chi connectivity index (χ0n) is 17.3. The number of pyridine rings is 1. The predicted molar refractivity (Wildman–Crippen MR) is 120 cm³/mol. The van der Waals surface area contributed by atoms with Crippen LogP contribution >= 0.6 is 0 Å². The third kappa shape index (κ3) is 4.72. The summed E-state index contributed by atoms with van der Waals surface area (Å²) in [6.07, 6.45) is 7.97. The number of hydrogen-bond donors (Lipinski definition) is 1. The van der Waals surface area contributed by atoms with Crippen molar-refractivity contribution in [1.82, 2.24) is 15.1 Å². The first-order valence-electron chi connectivity index (χ1n) is 10.7. The number of rotatable bonds is 7. The van der Waals surface area contributed by atoms with E-state index >= 15 is 0 Å². The van der Waals surface area contributed by atoms with Crippen molar-refractivity contribution in [1.29, 1.82) is 0 Å². The highest BCUT2D eigenvalue weighted by molar-refractivity contribution is 5.75. The number of amides is 1. The van der Waals surface area contributed by atoms with Crippen LogP contribution in [0.15, 0.2) is 91.4 Å². The van der Waals surface area contributed by atoms with Gasteiger partial charge in [0, 0.05) is 18.3 Å². The van der Waals surface area contributed by atoms with Crippen LogP contribution in [0.5, 0.6) is 0 Å². The monoisotopic (exact) mass is 409 g/mol. The highest BCUT2D eigenvalue weighted by Crippen LogP contribution is 2.22. The molecule has 154 valence electrons. The molecular formula is C26H25N4O+. The highest BCUT2D eigenvalue weighted by Gasteiger charge is 2.24. The average molecular weight is 410 g/mol. The zero-order valence-corrected chi connectivity index (χ0v) is 17.3. The molecule has 5 nitrogen and oxygen atoms in total. The third-order valence-electron chi connectivity index (χ3n) is 5.51. The van der Waals surface area contributed by atoms with Crippen molar-refractivity contribution in [2.24, 2.45) is 0 Å². The van der Waals surface area contributed by atoms with Crippen molar-refractivity contribution in [3.8, 4) is 22.4 Å². The van der Waals surface area contributed by atoms with Crippen molar-refractivity contribution in [2.45, 2.75) is 32.0 Å². The number of aromatic nitrogens is 3. The van der Waals surface area contributed by atoms with Gasteiger partial charge in [-0.2, -0.15) is 9.67 Å². The normalized spacial score (nSPS) is 13.2. The van der Waals surface area contributed by atoms with Gasteiger partial charge in [-0.05, 0) is 47.7 Å². The molecule has 2 heterocycles. The van der Waals surface area contributed by atoms with E-state index in [1.807, 2.05) is 46.0 Å². The van der Waals surface area contributed by atoms with Gasteiger partial charge in [-0.1, -0.05) is 48.5 Å². The van der Waals surface area contributed by atoms with Crippen LogP contribution in [0.3, 0.4) is 0 Å². The topological polar surface area (TPSA) is 50.8 Å². The van der Waals surface area contributed by atoms with Crippen LogP contribution in [0.25, 0.3) is 22.4 Å². The number of benzene rings is 2. The summed E-state index contributed by atoms with van der Waals surface area (Å²) in [6.45, 7) is 1.01. The fraction of sp³-hybridized carbons (Fsp3) is 0.192. The lowest BCUT2D eigenvalue weighted by atomic mass is 10.0. The van der Waals surface area contributed by atoms with Crippen LogP contribution in [-0.2, 0) is 17.9 Å². The van der Waals surface area contributed by atoms with E-state index in [-0.39, 0.29) is 5.91 Å². The molecule has 5 rings (SSSR count). The number of nitrogens with one attached hydrogen (secondary N) is 1. The molecule has 0 unspecified atom stereocenters. The molecule has 4 aromatic rings. The van der Waals surface area contributed by atoms with Crippen molar-refractivity contribution in [3.63, 3.8) is 0 Å². The molecule has 2 aromatic carbocycles. The minimum Gasteiger partial charge on any atom is -0.348 e. The fourth-order valence-electron chi connectivity index (χ4n) is 3.80. The van der Waals surface area contributed by atoms with Crippen molar-refractivity contribution >= 4 is 5.91 Å². The number of hydrogen-bond acceptors (Lipinski definition) is 2. The Labute approximate surface area is 182 Å². The molecule has 0 atom stereocenters. The Bertz CT molecular complexity index is 1190. The van der Waals surface area contributed by atoms with Gasteiger partial charge >= 0.3 is 0 Å². The molecule has 1 N–H and O–H groups in total. The predicted octanol–water partition coefficient (Wildman–Crippen LogP) is 3.83. The highest BCUT2D eigenvalue weighted by atomic mass is 16.2. The van der Waals surface area contributed by atoms with Gasteiger partial charge in [-0.3, -0.25) is 9.48 Å². The summed E-state index contributed by atoms with van der Waals surface area (Å²) in [6, 6.07) is 25.4. The fourth-order valence-corrected chi connectivity index (χ4v) is 3.80. The first-order valence-corrected chi connectivity index (χ1v) is 10.7. The number of nitrogens with zero attached hydrogens (tertiary/aromatic N) is 3. The van der Waals surface area contributed by atoms with E-state index in [4.69, 9.17) is 0 Å². The molecule has 5 heteroatoms. The van der Waals surface area contributed by atoms with Gasteiger partial charge in [0.2, 0.25) is 6.54 Å². The van der Waals surface area contributed by atoms with Gasteiger partial charge in [-0.15, -0.1) is 0 Å². The molecule has 1 saturated carbocycles. The minimum atomic E-state index is 0.0656. The second-order valence-corrected chi connectivity index (χ2v) is 8.05. The summed E-state index contributed by atoms with van der Waals surface area (Å²) in [7, 11) is 0. The Balaban J connectivity index is 1.35. The van der Waals surface area contributed by atoms with Gasteiger partial charge in [0.05, 0.1) is 17.8 Å². The molecule has 1 aliphatic carbocycles. The lowest BCUT2D eigenvalue weighted by Gasteiger charge is -2.09. The zero-order chi connectivity index (χ0) is 21.0. The molecule has 0 saturated heterocycles. The van der Waals surface area contributed by atoms with E-state index < -0.39 is 0 Å². The number of carbonyl (C=O) groups is 1. The molecule has 0 spiro atoms. The van der Waals surface area contributed by atoms with Crippen molar-refractivity contribution < 1.29 is 9.36 Å². The van der Waals surface area contributed by atoms with Crippen LogP contribution in [0.1, 0.15) is 18.4 Å². The van der Waals surface area contributed by atoms with E-state index in [9.17, 15) is 4.79 Å².